The maximum absolute atomic E-state index is 10.5. The second-order valence-electron chi connectivity index (χ2n) is 2.99. The minimum atomic E-state index is -0.242. The molecule has 0 atom stereocenters. The highest BCUT2D eigenvalue weighted by Gasteiger charge is 1.98. The monoisotopic (exact) mass is 260 g/mol. The Kier molecular flexibility index (Phi) is 6.22. The number of halogens is 1. The molecular weight excluding hydrogens is 248 g/mol. The molecule has 0 heterocycles. The van der Waals surface area contributed by atoms with Crippen molar-refractivity contribution in [3.8, 4) is 0 Å². The van der Waals surface area contributed by atoms with Crippen LogP contribution in [0.25, 0.3) is 0 Å². The first-order valence-corrected chi connectivity index (χ1v) is 7.26. The predicted molar refractivity (Wildman–Crippen MR) is 69.0 cm³/mol. The van der Waals surface area contributed by atoms with E-state index in [1.165, 1.54) is 9.79 Å². The van der Waals surface area contributed by atoms with E-state index in [2.05, 4.69) is 30.5 Å². The summed E-state index contributed by atoms with van der Waals surface area (Å²) < 4.78 is 0. The van der Waals surface area contributed by atoms with E-state index in [0.29, 0.717) is 6.42 Å². The van der Waals surface area contributed by atoms with Crippen molar-refractivity contribution in [1.82, 2.24) is 0 Å². The SMILES string of the molecule is CSc1cccc(SCCCC(=O)Cl)c1. The minimum absolute atomic E-state index is 0.242. The first-order valence-electron chi connectivity index (χ1n) is 4.67. The first kappa shape index (κ1) is 12.9. The van der Waals surface area contributed by atoms with Crippen LogP contribution in [0.2, 0.25) is 0 Å². The van der Waals surface area contributed by atoms with Crippen molar-refractivity contribution in [1.29, 1.82) is 0 Å². The van der Waals surface area contributed by atoms with E-state index in [-0.39, 0.29) is 5.24 Å². The standard InChI is InChI=1S/C11H13ClOS2/c1-14-9-4-2-5-10(8-9)15-7-3-6-11(12)13/h2,4-5,8H,3,6-7H2,1H3. The fraction of sp³-hybridized carbons (Fsp3) is 0.364. The summed E-state index contributed by atoms with van der Waals surface area (Å²) >= 11 is 8.76. The average molecular weight is 261 g/mol. The lowest BCUT2D eigenvalue weighted by molar-refractivity contribution is -0.111. The van der Waals surface area contributed by atoms with Gasteiger partial charge in [0.15, 0.2) is 0 Å². The largest absolute Gasteiger partial charge is 0.281 e. The summed E-state index contributed by atoms with van der Waals surface area (Å²) in [7, 11) is 0. The molecule has 1 aromatic rings. The van der Waals surface area contributed by atoms with Crippen LogP contribution in [0.5, 0.6) is 0 Å². The summed E-state index contributed by atoms with van der Waals surface area (Å²) in [4.78, 5) is 13.0. The topological polar surface area (TPSA) is 17.1 Å². The third-order valence-electron chi connectivity index (χ3n) is 1.83. The van der Waals surface area contributed by atoms with Gasteiger partial charge in [0, 0.05) is 16.2 Å². The van der Waals surface area contributed by atoms with Gasteiger partial charge in [0.1, 0.15) is 0 Å². The molecule has 82 valence electrons. The van der Waals surface area contributed by atoms with E-state index in [0.717, 1.165) is 12.2 Å². The van der Waals surface area contributed by atoms with Gasteiger partial charge in [-0.2, -0.15) is 0 Å². The fourth-order valence-corrected chi connectivity index (χ4v) is 2.67. The zero-order valence-electron chi connectivity index (χ0n) is 8.53. The molecule has 4 heteroatoms. The van der Waals surface area contributed by atoms with E-state index in [9.17, 15) is 4.79 Å². The molecule has 0 aromatic heterocycles. The van der Waals surface area contributed by atoms with Crippen molar-refractivity contribution in [2.24, 2.45) is 0 Å². The number of hydrogen-bond acceptors (Lipinski definition) is 3. The van der Waals surface area contributed by atoms with Crippen LogP contribution in [0.3, 0.4) is 0 Å². The van der Waals surface area contributed by atoms with E-state index in [1.807, 2.05) is 0 Å². The Balaban J connectivity index is 2.33. The van der Waals surface area contributed by atoms with Gasteiger partial charge >= 0.3 is 0 Å². The molecule has 1 aromatic carbocycles. The number of thioether (sulfide) groups is 2. The molecule has 0 N–H and O–H groups in total. The highest BCUT2D eigenvalue weighted by molar-refractivity contribution is 7.99. The van der Waals surface area contributed by atoms with Crippen LogP contribution < -0.4 is 0 Å². The average Bonchev–Trinajstić information content (AvgIpc) is 2.24. The second kappa shape index (κ2) is 7.20. The lowest BCUT2D eigenvalue weighted by Crippen LogP contribution is -1.87. The van der Waals surface area contributed by atoms with Crippen molar-refractivity contribution >= 4 is 40.4 Å². The third kappa shape index (κ3) is 5.50. The summed E-state index contributed by atoms with van der Waals surface area (Å²) in [5.74, 6) is 0.941. The highest BCUT2D eigenvalue weighted by atomic mass is 35.5. The predicted octanol–water partition coefficient (Wildman–Crippen LogP) is 4.05. The van der Waals surface area contributed by atoms with Gasteiger partial charge < -0.3 is 0 Å². The number of carbonyl (C=O) groups excluding carboxylic acids is 1. The first-order chi connectivity index (χ1) is 7.22. The zero-order chi connectivity index (χ0) is 11.1. The summed E-state index contributed by atoms with van der Waals surface area (Å²) in [6.45, 7) is 0. The maximum atomic E-state index is 10.5. The van der Waals surface area contributed by atoms with E-state index in [4.69, 9.17) is 11.6 Å². The Bertz CT molecular complexity index is 328. The van der Waals surface area contributed by atoms with E-state index >= 15 is 0 Å². The molecule has 0 radical (unpaired) electrons. The zero-order valence-corrected chi connectivity index (χ0v) is 10.9. The molecule has 15 heavy (non-hydrogen) atoms. The number of carbonyl (C=O) groups is 1. The van der Waals surface area contributed by atoms with Crippen LogP contribution in [0.4, 0.5) is 0 Å². The van der Waals surface area contributed by atoms with Crippen LogP contribution in [0, 0.1) is 0 Å². The molecule has 0 unspecified atom stereocenters. The van der Waals surface area contributed by atoms with Crippen molar-refractivity contribution < 1.29 is 4.79 Å². The second-order valence-corrected chi connectivity index (χ2v) is 5.46. The lowest BCUT2D eigenvalue weighted by Gasteiger charge is -2.02. The Hall–Kier alpha value is -0.120. The van der Waals surface area contributed by atoms with Crippen molar-refractivity contribution in [3.05, 3.63) is 24.3 Å². The minimum Gasteiger partial charge on any atom is -0.281 e. The summed E-state index contributed by atoms with van der Waals surface area (Å²) in [6, 6.07) is 8.41. The lowest BCUT2D eigenvalue weighted by atomic mass is 10.4. The van der Waals surface area contributed by atoms with Crippen molar-refractivity contribution in [3.63, 3.8) is 0 Å². The van der Waals surface area contributed by atoms with Gasteiger partial charge in [0.25, 0.3) is 0 Å². The van der Waals surface area contributed by atoms with Gasteiger partial charge in [-0.1, -0.05) is 6.07 Å². The molecule has 0 aliphatic heterocycles. The summed E-state index contributed by atoms with van der Waals surface area (Å²) in [5.41, 5.74) is 0. The molecular formula is C11H13ClOS2. The maximum Gasteiger partial charge on any atom is 0.221 e. The molecule has 0 spiro atoms. The van der Waals surface area contributed by atoms with Gasteiger partial charge in [-0.25, -0.2) is 0 Å². The molecule has 0 amide bonds. The Morgan fingerprint density at radius 1 is 1.40 bits per heavy atom. The molecule has 0 bridgehead atoms. The Morgan fingerprint density at radius 2 is 2.13 bits per heavy atom. The van der Waals surface area contributed by atoms with Gasteiger partial charge in [-0.05, 0) is 48.2 Å². The Morgan fingerprint density at radius 3 is 2.80 bits per heavy atom. The van der Waals surface area contributed by atoms with Crippen LogP contribution >= 0.6 is 35.1 Å². The molecule has 1 nitrogen and oxygen atoms in total. The molecule has 0 saturated heterocycles. The van der Waals surface area contributed by atoms with Gasteiger partial charge in [-0.15, -0.1) is 23.5 Å². The number of benzene rings is 1. The normalized spacial score (nSPS) is 10.3. The molecule has 0 aliphatic rings. The smallest absolute Gasteiger partial charge is 0.221 e. The molecule has 0 fully saturated rings. The van der Waals surface area contributed by atoms with Crippen LogP contribution in [0.15, 0.2) is 34.1 Å². The van der Waals surface area contributed by atoms with Gasteiger partial charge in [-0.3, -0.25) is 4.79 Å². The van der Waals surface area contributed by atoms with Gasteiger partial charge in [0.05, 0.1) is 0 Å². The van der Waals surface area contributed by atoms with E-state index < -0.39 is 0 Å². The van der Waals surface area contributed by atoms with Crippen LogP contribution in [-0.4, -0.2) is 17.3 Å². The molecule has 0 saturated carbocycles. The highest BCUT2D eigenvalue weighted by Crippen LogP contribution is 2.24. The summed E-state index contributed by atoms with van der Waals surface area (Å²) in [5, 5.41) is -0.242. The van der Waals surface area contributed by atoms with Crippen molar-refractivity contribution in [2.45, 2.75) is 22.6 Å². The van der Waals surface area contributed by atoms with Crippen LogP contribution in [-0.2, 0) is 4.79 Å². The molecule has 0 aliphatic carbocycles. The fourth-order valence-electron chi connectivity index (χ4n) is 1.09. The van der Waals surface area contributed by atoms with Crippen molar-refractivity contribution in [2.75, 3.05) is 12.0 Å². The summed E-state index contributed by atoms with van der Waals surface area (Å²) in [6.07, 6.45) is 3.38. The Labute approximate surface area is 104 Å². The number of rotatable bonds is 6. The molecule has 1 rings (SSSR count). The quantitative estimate of drug-likeness (QED) is 0.436. The van der Waals surface area contributed by atoms with Gasteiger partial charge in [0.2, 0.25) is 5.24 Å². The van der Waals surface area contributed by atoms with Crippen LogP contribution in [0.1, 0.15) is 12.8 Å². The third-order valence-corrected chi connectivity index (χ3v) is 3.82. The van der Waals surface area contributed by atoms with E-state index in [1.54, 1.807) is 23.5 Å². The number of hydrogen-bond donors (Lipinski definition) is 0.